The molecule has 1 N–H and O–H groups in total. The second-order valence-corrected chi connectivity index (χ2v) is 5.75. The summed E-state index contributed by atoms with van der Waals surface area (Å²) in [7, 11) is 2.82. The number of fused-ring (bicyclic) bond motifs is 1. The number of hydrogen-bond donors (Lipinski definition) is 1. The first kappa shape index (κ1) is 18.0. The van der Waals surface area contributed by atoms with Gasteiger partial charge in [-0.2, -0.15) is 0 Å². The summed E-state index contributed by atoms with van der Waals surface area (Å²) in [6, 6.07) is 0. The number of esters is 1. The summed E-state index contributed by atoms with van der Waals surface area (Å²) in [5, 5.41) is 10.3. The molecule has 2 aliphatic rings. The van der Waals surface area contributed by atoms with Gasteiger partial charge in [0.05, 0.1) is 0 Å². The quantitative estimate of drug-likeness (QED) is 0.715. The van der Waals surface area contributed by atoms with Crippen LogP contribution in [0.5, 0.6) is 0 Å². The van der Waals surface area contributed by atoms with Crippen molar-refractivity contribution in [3.8, 4) is 0 Å². The lowest BCUT2D eigenvalue weighted by molar-refractivity contribution is -0.446. The van der Waals surface area contributed by atoms with Crippen LogP contribution in [-0.2, 0) is 33.3 Å². The fourth-order valence-corrected chi connectivity index (χ4v) is 2.63. The van der Waals surface area contributed by atoms with Crippen LogP contribution in [0.2, 0.25) is 0 Å². The molecule has 1 aliphatic carbocycles. The van der Waals surface area contributed by atoms with Gasteiger partial charge in [-0.05, 0) is 19.9 Å². The van der Waals surface area contributed by atoms with Crippen molar-refractivity contribution in [1.82, 2.24) is 0 Å². The van der Waals surface area contributed by atoms with E-state index >= 15 is 0 Å². The molecule has 0 amide bonds. The smallest absolute Gasteiger partial charge is 0.302 e. The molecule has 1 heterocycles. The monoisotopic (exact) mass is 330 g/mol. The highest BCUT2D eigenvalue weighted by Crippen LogP contribution is 2.42. The molecule has 0 aromatic heterocycles. The maximum atomic E-state index is 12.5. The van der Waals surface area contributed by atoms with Crippen molar-refractivity contribution in [2.45, 2.75) is 50.7 Å². The van der Waals surface area contributed by atoms with E-state index in [2.05, 4.69) is 0 Å². The summed E-state index contributed by atoms with van der Waals surface area (Å²) in [6.45, 7) is 4.18. The Hall–Kier alpha value is -1.32. The summed E-state index contributed by atoms with van der Waals surface area (Å²) in [6.07, 6.45) is -1.84. The van der Waals surface area contributed by atoms with Crippen LogP contribution in [-0.4, -0.2) is 67.6 Å². The number of methoxy groups -OCH3 is 2. The van der Waals surface area contributed by atoms with Gasteiger partial charge in [0.2, 0.25) is 11.6 Å². The largest absolute Gasteiger partial charge is 0.461 e. The van der Waals surface area contributed by atoms with E-state index in [4.69, 9.17) is 23.7 Å². The highest BCUT2D eigenvalue weighted by Gasteiger charge is 2.60. The van der Waals surface area contributed by atoms with E-state index < -0.39 is 41.6 Å². The summed E-state index contributed by atoms with van der Waals surface area (Å²) in [5.74, 6) is -3.62. The van der Waals surface area contributed by atoms with Crippen LogP contribution in [0.15, 0.2) is 11.6 Å². The first-order chi connectivity index (χ1) is 10.7. The lowest BCUT2D eigenvalue weighted by Crippen LogP contribution is -2.69. The van der Waals surface area contributed by atoms with Crippen LogP contribution in [0, 0.1) is 0 Å². The van der Waals surface area contributed by atoms with Gasteiger partial charge in [-0.1, -0.05) is 0 Å². The number of aliphatic hydroxyl groups excluding tert-OH is 1. The van der Waals surface area contributed by atoms with E-state index in [1.54, 1.807) is 13.8 Å². The van der Waals surface area contributed by atoms with Crippen LogP contribution >= 0.6 is 0 Å². The van der Waals surface area contributed by atoms with Crippen LogP contribution in [0.3, 0.4) is 0 Å². The van der Waals surface area contributed by atoms with Crippen molar-refractivity contribution >= 4 is 11.8 Å². The molecule has 0 aromatic rings. The summed E-state index contributed by atoms with van der Waals surface area (Å²) in [4.78, 5) is 23.5. The zero-order valence-electron chi connectivity index (χ0n) is 13.8. The Bertz CT molecular complexity index is 530. The van der Waals surface area contributed by atoms with Crippen LogP contribution in [0.1, 0.15) is 20.8 Å². The molecule has 1 fully saturated rings. The Kier molecular flexibility index (Phi) is 4.93. The maximum Gasteiger partial charge on any atom is 0.302 e. The first-order valence-corrected chi connectivity index (χ1v) is 7.19. The number of aliphatic hydroxyl groups is 1. The van der Waals surface area contributed by atoms with Crippen LogP contribution in [0.25, 0.3) is 0 Å². The first-order valence-electron chi connectivity index (χ1n) is 7.19. The van der Waals surface area contributed by atoms with Gasteiger partial charge in [0.25, 0.3) is 0 Å². The zero-order chi connectivity index (χ0) is 17.4. The molecule has 8 heteroatoms. The minimum atomic E-state index is -1.36. The summed E-state index contributed by atoms with van der Waals surface area (Å²) in [5.41, 5.74) is 0.150. The Morgan fingerprint density at radius 1 is 1.26 bits per heavy atom. The fraction of sp³-hybridized carbons (Fsp3) is 0.733. The Balaban J connectivity index is 2.30. The van der Waals surface area contributed by atoms with Gasteiger partial charge in [-0.3, -0.25) is 9.59 Å². The van der Waals surface area contributed by atoms with Crippen molar-refractivity contribution in [2.24, 2.45) is 0 Å². The number of Topliss-reactive ketones (excluding diaryl/α,β-unsaturated/α-hetero) is 1. The average molecular weight is 330 g/mol. The van der Waals surface area contributed by atoms with Crippen molar-refractivity contribution in [2.75, 3.05) is 20.8 Å². The Morgan fingerprint density at radius 2 is 1.83 bits per heavy atom. The molecule has 1 saturated heterocycles. The SMILES string of the molecule is CO[C@]1(C)O[C@H]2[C@@H](O)C=C(COC(C)=O)C(=O)[C@@H]2O[C@@]1(C)OC. The molecule has 0 spiro atoms. The van der Waals surface area contributed by atoms with E-state index in [1.807, 2.05) is 0 Å². The van der Waals surface area contributed by atoms with Gasteiger partial charge >= 0.3 is 5.97 Å². The Morgan fingerprint density at radius 3 is 2.35 bits per heavy atom. The molecule has 2 rings (SSSR count). The van der Waals surface area contributed by atoms with E-state index in [-0.39, 0.29) is 12.2 Å². The third-order valence-corrected chi connectivity index (χ3v) is 4.33. The normalized spacial score (nSPS) is 40.3. The molecule has 1 aliphatic heterocycles. The minimum absolute atomic E-state index is 0.150. The third kappa shape index (κ3) is 3.05. The van der Waals surface area contributed by atoms with Crippen molar-refractivity contribution in [3.05, 3.63) is 11.6 Å². The highest BCUT2D eigenvalue weighted by molar-refractivity contribution is 6.01. The van der Waals surface area contributed by atoms with Gasteiger partial charge in [0.15, 0.2) is 11.9 Å². The van der Waals surface area contributed by atoms with Crippen molar-refractivity contribution in [3.63, 3.8) is 0 Å². The van der Waals surface area contributed by atoms with E-state index in [0.717, 1.165) is 0 Å². The number of ketones is 1. The summed E-state index contributed by atoms with van der Waals surface area (Å²) < 4.78 is 27.1. The topological polar surface area (TPSA) is 101 Å². The molecule has 130 valence electrons. The van der Waals surface area contributed by atoms with E-state index in [9.17, 15) is 14.7 Å². The zero-order valence-corrected chi connectivity index (χ0v) is 13.8. The minimum Gasteiger partial charge on any atom is -0.461 e. The second-order valence-electron chi connectivity index (χ2n) is 5.75. The van der Waals surface area contributed by atoms with Crippen molar-refractivity contribution < 1.29 is 38.4 Å². The predicted molar refractivity (Wildman–Crippen MR) is 76.3 cm³/mol. The molecular weight excluding hydrogens is 308 g/mol. The molecule has 0 aromatic carbocycles. The predicted octanol–water partition coefficient (Wildman–Crippen LogP) is -0.0713. The molecule has 0 bridgehead atoms. The molecule has 23 heavy (non-hydrogen) atoms. The molecule has 5 atom stereocenters. The van der Waals surface area contributed by atoms with Crippen molar-refractivity contribution in [1.29, 1.82) is 0 Å². The van der Waals surface area contributed by atoms with Crippen LogP contribution < -0.4 is 0 Å². The standard InChI is InChI=1S/C15H22O8/c1-8(16)21-7-9-6-10(17)12-13(11(9)18)23-15(3,20-5)14(2,19-4)22-12/h6,10,12-13,17H,7H2,1-5H3/t10-,12-,13-,14+,15+/m0/s1. The molecule has 0 unspecified atom stereocenters. The molecule has 8 nitrogen and oxygen atoms in total. The Labute approximate surface area is 134 Å². The fourth-order valence-electron chi connectivity index (χ4n) is 2.63. The number of rotatable bonds is 4. The molecule has 0 saturated carbocycles. The van der Waals surface area contributed by atoms with Gasteiger partial charge in [0, 0.05) is 26.7 Å². The van der Waals surface area contributed by atoms with E-state index in [0.29, 0.717) is 0 Å². The second kappa shape index (κ2) is 6.29. The number of ether oxygens (including phenoxy) is 5. The average Bonchev–Trinajstić information content (AvgIpc) is 2.51. The van der Waals surface area contributed by atoms with Gasteiger partial charge in [0.1, 0.15) is 18.8 Å². The third-order valence-electron chi connectivity index (χ3n) is 4.33. The number of carbonyl (C=O) groups excluding carboxylic acids is 2. The summed E-state index contributed by atoms with van der Waals surface area (Å²) >= 11 is 0. The van der Waals surface area contributed by atoms with Gasteiger partial charge < -0.3 is 28.8 Å². The van der Waals surface area contributed by atoms with Gasteiger partial charge in [-0.25, -0.2) is 0 Å². The molecule has 0 radical (unpaired) electrons. The maximum absolute atomic E-state index is 12.5. The molecular formula is C15H22O8. The lowest BCUT2D eigenvalue weighted by Gasteiger charge is -2.53. The highest BCUT2D eigenvalue weighted by atomic mass is 16.8. The van der Waals surface area contributed by atoms with Crippen LogP contribution in [0.4, 0.5) is 0 Å². The number of hydrogen-bond acceptors (Lipinski definition) is 8. The van der Waals surface area contributed by atoms with Gasteiger partial charge in [-0.15, -0.1) is 0 Å². The lowest BCUT2D eigenvalue weighted by atomic mass is 9.88. The number of carbonyl (C=O) groups is 2. The van der Waals surface area contributed by atoms with E-state index in [1.165, 1.54) is 27.2 Å².